The normalized spacial score (nSPS) is 8.14. The van der Waals surface area contributed by atoms with E-state index in [1.165, 1.54) is 0 Å². The third kappa shape index (κ3) is 5.56. The van der Waals surface area contributed by atoms with Crippen LogP contribution in [0.5, 0.6) is 0 Å². The van der Waals surface area contributed by atoms with Crippen molar-refractivity contribution in [1.82, 2.24) is 5.32 Å². The molecule has 0 aromatic rings. The van der Waals surface area contributed by atoms with Crippen LogP contribution in [-0.4, -0.2) is 18.5 Å². The van der Waals surface area contributed by atoms with E-state index in [1.54, 1.807) is 0 Å². The van der Waals surface area contributed by atoms with Crippen molar-refractivity contribution in [1.29, 1.82) is 0 Å². The minimum atomic E-state index is -0.527. The first-order valence-electron chi connectivity index (χ1n) is 1.86. The Hall–Kier alpha value is -0.440. The fourth-order valence-electron chi connectivity index (χ4n) is 0.170. The summed E-state index contributed by atoms with van der Waals surface area (Å²) in [6, 6.07) is -0.527. The number of nitrogens with one attached hydrogen (secondary N) is 1. The SMILES string of the molecule is NC(=O)NCCCl. The Morgan fingerprint density at radius 3 is 2.57 bits per heavy atom. The topological polar surface area (TPSA) is 55.1 Å². The molecule has 0 aliphatic carbocycles. The molecule has 0 saturated heterocycles. The van der Waals surface area contributed by atoms with Crippen LogP contribution < -0.4 is 11.1 Å². The molecule has 0 aromatic heterocycles. The number of amides is 2. The van der Waals surface area contributed by atoms with Gasteiger partial charge in [0.25, 0.3) is 0 Å². The molecule has 3 nitrogen and oxygen atoms in total. The van der Waals surface area contributed by atoms with Crippen LogP contribution in [0.3, 0.4) is 0 Å². The zero-order valence-electron chi connectivity index (χ0n) is 3.78. The Morgan fingerprint density at radius 1 is 1.86 bits per heavy atom. The number of nitrogens with two attached hydrogens (primary N) is 1. The third-order valence-corrected chi connectivity index (χ3v) is 0.583. The Kier molecular flexibility index (Phi) is 3.50. The maximum atomic E-state index is 9.81. The van der Waals surface area contributed by atoms with Crippen LogP contribution in [0.15, 0.2) is 0 Å². The number of halogens is 1. The lowest BCUT2D eigenvalue weighted by Gasteiger charge is -1.92. The van der Waals surface area contributed by atoms with Crippen molar-refractivity contribution < 1.29 is 4.79 Å². The lowest BCUT2D eigenvalue weighted by molar-refractivity contribution is 0.249. The summed E-state index contributed by atoms with van der Waals surface area (Å²) in [4.78, 5) is 9.81. The number of primary amides is 1. The molecule has 0 bridgehead atoms. The van der Waals surface area contributed by atoms with Crippen molar-refractivity contribution in [3.05, 3.63) is 0 Å². The van der Waals surface area contributed by atoms with Gasteiger partial charge in [0, 0.05) is 12.4 Å². The van der Waals surface area contributed by atoms with E-state index in [0.29, 0.717) is 12.4 Å². The highest BCUT2D eigenvalue weighted by molar-refractivity contribution is 6.18. The van der Waals surface area contributed by atoms with E-state index in [-0.39, 0.29) is 0 Å². The predicted octanol–water partition coefficient (Wildman–Crippen LogP) is -0.107. The predicted molar refractivity (Wildman–Crippen MR) is 28.3 cm³/mol. The average Bonchev–Trinajstić information content (AvgIpc) is 1.61. The maximum absolute atomic E-state index is 9.81. The highest BCUT2D eigenvalue weighted by Gasteiger charge is 1.84. The molecule has 0 fully saturated rings. The second-order valence-corrected chi connectivity index (χ2v) is 1.36. The van der Waals surface area contributed by atoms with Gasteiger partial charge in [0.05, 0.1) is 0 Å². The minimum Gasteiger partial charge on any atom is -0.352 e. The van der Waals surface area contributed by atoms with E-state index < -0.39 is 6.03 Å². The molecule has 0 radical (unpaired) electrons. The number of hydrogen-bond acceptors (Lipinski definition) is 1. The second-order valence-electron chi connectivity index (χ2n) is 0.980. The van der Waals surface area contributed by atoms with E-state index in [9.17, 15) is 4.79 Å². The van der Waals surface area contributed by atoms with Gasteiger partial charge < -0.3 is 11.1 Å². The van der Waals surface area contributed by atoms with Gasteiger partial charge in [-0.3, -0.25) is 0 Å². The zero-order valence-corrected chi connectivity index (χ0v) is 4.53. The Bertz CT molecular complexity index is 66.0. The number of alkyl halides is 1. The highest BCUT2D eigenvalue weighted by atomic mass is 35.5. The standard InChI is InChI=1S/C3H7ClN2O/c4-1-2-6-3(5)7/h1-2H2,(H3,5,6,7). The van der Waals surface area contributed by atoms with Gasteiger partial charge in [-0.05, 0) is 0 Å². The first-order valence-corrected chi connectivity index (χ1v) is 2.40. The van der Waals surface area contributed by atoms with Gasteiger partial charge in [-0.15, -0.1) is 11.6 Å². The molecule has 0 heterocycles. The quantitative estimate of drug-likeness (QED) is 0.494. The summed E-state index contributed by atoms with van der Waals surface area (Å²) >= 11 is 5.18. The molecule has 42 valence electrons. The van der Waals surface area contributed by atoms with Crippen LogP contribution in [0.4, 0.5) is 4.79 Å². The summed E-state index contributed by atoms with van der Waals surface area (Å²) in [7, 11) is 0. The van der Waals surface area contributed by atoms with Crippen molar-refractivity contribution in [2.24, 2.45) is 5.73 Å². The van der Waals surface area contributed by atoms with E-state index in [0.717, 1.165) is 0 Å². The van der Waals surface area contributed by atoms with Crippen LogP contribution in [-0.2, 0) is 0 Å². The summed E-state index contributed by atoms with van der Waals surface area (Å²) in [5.41, 5.74) is 4.67. The van der Waals surface area contributed by atoms with Gasteiger partial charge in [0.1, 0.15) is 0 Å². The van der Waals surface area contributed by atoms with E-state index >= 15 is 0 Å². The molecular formula is C3H7ClN2O. The first-order chi connectivity index (χ1) is 3.27. The molecule has 0 aromatic carbocycles. The van der Waals surface area contributed by atoms with Gasteiger partial charge in [0.15, 0.2) is 0 Å². The maximum Gasteiger partial charge on any atom is 0.312 e. The number of carbonyl (C=O) groups is 1. The molecule has 0 atom stereocenters. The van der Waals surface area contributed by atoms with E-state index in [1.807, 2.05) is 0 Å². The van der Waals surface area contributed by atoms with Crippen molar-refractivity contribution >= 4 is 17.6 Å². The van der Waals surface area contributed by atoms with Crippen LogP contribution >= 0.6 is 11.6 Å². The van der Waals surface area contributed by atoms with Gasteiger partial charge >= 0.3 is 6.03 Å². The first kappa shape index (κ1) is 6.56. The Balaban J connectivity index is 2.82. The van der Waals surface area contributed by atoms with Gasteiger partial charge in [-0.2, -0.15) is 0 Å². The van der Waals surface area contributed by atoms with E-state index in [2.05, 4.69) is 11.1 Å². The summed E-state index contributed by atoms with van der Waals surface area (Å²) in [6.07, 6.45) is 0. The molecule has 0 saturated carbocycles. The minimum absolute atomic E-state index is 0.406. The number of rotatable bonds is 2. The third-order valence-electron chi connectivity index (χ3n) is 0.394. The van der Waals surface area contributed by atoms with Crippen LogP contribution in [0.2, 0.25) is 0 Å². The fourth-order valence-corrected chi connectivity index (χ4v) is 0.265. The summed E-state index contributed by atoms with van der Waals surface area (Å²) in [5.74, 6) is 0.406. The van der Waals surface area contributed by atoms with Crippen molar-refractivity contribution in [3.63, 3.8) is 0 Å². The van der Waals surface area contributed by atoms with Gasteiger partial charge in [-0.25, -0.2) is 4.79 Å². The Morgan fingerprint density at radius 2 is 2.43 bits per heavy atom. The molecule has 0 unspecified atom stereocenters. The molecule has 2 amide bonds. The smallest absolute Gasteiger partial charge is 0.312 e. The molecule has 0 aliphatic heterocycles. The van der Waals surface area contributed by atoms with Crippen LogP contribution in [0.1, 0.15) is 0 Å². The lowest BCUT2D eigenvalue weighted by Crippen LogP contribution is -2.30. The number of hydrogen-bond donors (Lipinski definition) is 2. The van der Waals surface area contributed by atoms with Crippen molar-refractivity contribution in [2.45, 2.75) is 0 Å². The monoisotopic (exact) mass is 122 g/mol. The highest BCUT2D eigenvalue weighted by Crippen LogP contribution is 1.66. The van der Waals surface area contributed by atoms with Crippen molar-refractivity contribution in [3.8, 4) is 0 Å². The fraction of sp³-hybridized carbons (Fsp3) is 0.667. The second kappa shape index (κ2) is 3.74. The number of carbonyl (C=O) groups excluding carboxylic acids is 1. The molecule has 3 N–H and O–H groups in total. The summed E-state index contributed by atoms with van der Waals surface area (Å²) < 4.78 is 0. The summed E-state index contributed by atoms with van der Waals surface area (Å²) in [5, 5.41) is 2.30. The average molecular weight is 123 g/mol. The molecular weight excluding hydrogens is 115 g/mol. The van der Waals surface area contributed by atoms with E-state index in [4.69, 9.17) is 11.6 Å². The molecule has 7 heavy (non-hydrogen) atoms. The largest absolute Gasteiger partial charge is 0.352 e. The zero-order chi connectivity index (χ0) is 5.70. The van der Waals surface area contributed by atoms with Gasteiger partial charge in [-0.1, -0.05) is 0 Å². The molecule has 0 rings (SSSR count). The molecule has 4 heteroatoms. The Labute approximate surface area is 46.8 Å². The summed E-state index contributed by atoms with van der Waals surface area (Å²) in [6.45, 7) is 0.441. The van der Waals surface area contributed by atoms with Crippen LogP contribution in [0, 0.1) is 0 Å². The van der Waals surface area contributed by atoms with Crippen LogP contribution in [0.25, 0.3) is 0 Å². The molecule has 0 spiro atoms. The molecule has 0 aliphatic rings. The van der Waals surface area contributed by atoms with Crippen molar-refractivity contribution in [2.75, 3.05) is 12.4 Å². The van der Waals surface area contributed by atoms with Gasteiger partial charge in [0.2, 0.25) is 0 Å². The lowest BCUT2D eigenvalue weighted by atomic mass is 10.7. The number of urea groups is 1.